The number of nitrogens with zero attached hydrogens (tertiary/aromatic N) is 3. The lowest BCUT2D eigenvalue weighted by molar-refractivity contribution is 0.0893. The summed E-state index contributed by atoms with van der Waals surface area (Å²) in [4.78, 5) is 41.2. The fraction of sp³-hybridized carbons (Fsp3) is 0.345. The van der Waals surface area contributed by atoms with E-state index in [-0.39, 0.29) is 17.5 Å². The van der Waals surface area contributed by atoms with Gasteiger partial charge in [-0.1, -0.05) is 50.8 Å². The Morgan fingerprint density at radius 3 is 2.14 bits per heavy atom. The Balaban J connectivity index is 1.58. The number of unbranched alkanes of at least 4 members (excludes halogenated alkanes) is 4. The summed E-state index contributed by atoms with van der Waals surface area (Å²) >= 11 is 0. The van der Waals surface area contributed by atoms with E-state index >= 15 is 0 Å². The SMILES string of the molecule is CCCCCCCc1ccc2c3c(cccc13)C(=O)N(c1cc3c(cc1C)n(C)c(=O)n3C)C2=O. The zero-order valence-electron chi connectivity index (χ0n) is 20.9. The van der Waals surface area contributed by atoms with Gasteiger partial charge in [0.25, 0.3) is 11.8 Å². The molecule has 1 aromatic heterocycles. The van der Waals surface area contributed by atoms with Crippen molar-refractivity contribution in [3.63, 3.8) is 0 Å². The van der Waals surface area contributed by atoms with Crippen molar-refractivity contribution < 1.29 is 9.59 Å². The average Bonchev–Trinajstić information content (AvgIpc) is 3.06. The highest BCUT2D eigenvalue weighted by atomic mass is 16.2. The molecule has 0 unspecified atom stereocenters. The first-order chi connectivity index (χ1) is 16.8. The summed E-state index contributed by atoms with van der Waals surface area (Å²) in [6, 6.07) is 13.3. The Labute approximate surface area is 204 Å². The van der Waals surface area contributed by atoms with Gasteiger partial charge in [-0.15, -0.1) is 0 Å². The molecule has 0 spiro atoms. The summed E-state index contributed by atoms with van der Waals surface area (Å²) in [6.45, 7) is 4.08. The van der Waals surface area contributed by atoms with Crippen molar-refractivity contribution in [2.75, 3.05) is 4.90 Å². The van der Waals surface area contributed by atoms with Gasteiger partial charge < -0.3 is 0 Å². The number of imidazole rings is 1. The van der Waals surface area contributed by atoms with E-state index in [9.17, 15) is 14.4 Å². The molecule has 6 heteroatoms. The first-order valence-electron chi connectivity index (χ1n) is 12.4. The van der Waals surface area contributed by atoms with Gasteiger partial charge in [-0.05, 0) is 60.5 Å². The maximum absolute atomic E-state index is 13.7. The molecule has 0 atom stereocenters. The highest BCUT2D eigenvalue weighted by Gasteiger charge is 2.35. The molecule has 1 aliphatic heterocycles. The van der Waals surface area contributed by atoms with Crippen molar-refractivity contribution in [3.05, 3.63) is 75.2 Å². The molecule has 0 aliphatic carbocycles. The van der Waals surface area contributed by atoms with E-state index in [4.69, 9.17) is 0 Å². The summed E-state index contributed by atoms with van der Waals surface area (Å²) in [5.41, 5.74) is 4.86. The molecule has 35 heavy (non-hydrogen) atoms. The quantitative estimate of drug-likeness (QED) is 0.259. The van der Waals surface area contributed by atoms with Crippen LogP contribution in [0.1, 0.15) is 70.9 Å². The number of hydrogen-bond donors (Lipinski definition) is 0. The Hall–Kier alpha value is -3.67. The third kappa shape index (κ3) is 3.59. The van der Waals surface area contributed by atoms with Crippen LogP contribution in [0.4, 0.5) is 5.69 Å². The van der Waals surface area contributed by atoms with Crippen LogP contribution in [0, 0.1) is 6.92 Å². The lowest BCUT2D eigenvalue weighted by Crippen LogP contribution is -2.41. The molecule has 0 bridgehead atoms. The number of hydrogen-bond acceptors (Lipinski definition) is 3. The molecule has 0 saturated carbocycles. The third-order valence-electron chi connectivity index (χ3n) is 7.38. The molecule has 0 N–H and O–H groups in total. The second kappa shape index (κ2) is 8.84. The molecular formula is C29H31N3O3. The van der Waals surface area contributed by atoms with Gasteiger partial charge in [0.15, 0.2) is 0 Å². The van der Waals surface area contributed by atoms with Crippen LogP contribution in [-0.4, -0.2) is 20.9 Å². The number of imide groups is 1. The number of carbonyl (C=O) groups is 2. The number of rotatable bonds is 7. The van der Waals surface area contributed by atoms with Crippen LogP contribution in [0.3, 0.4) is 0 Å². The normalized spacial score (nSPS) is 13.4. The van der Waals surface area contributed by atoms with Crippen molar-refractivity contribution in [1.29, 1.82) is 0 Å². The summed E-state index contributed by atoms with van der Waals surface area (Å²) in [5, 5.41) is 1.75. The molecule has 1 aliphatic rings. The van der Waals surface area contributed by atoms with Crippen LogP contribution in [0.15, 0.2) is 47.3 Å². The largest absolute Gasteiger partial charge is 0.328 e. The first-order valence-corrected chi connectivity index (χ1v) is 12.4. The molecule has 2 heterocycles. The molecule has 0 radical (unpaired) electrons. The minimum atomic E-state index is -0.323. The van der Waals surface area contributed by atoms with Gasteiger partial charge in [-0.25, -0.2) is 9.69 Å². The van der Waals surface area contributed by atoms with E-state index in [1.165, 1.54) is 36.1 Å². The highest BCUT2D eigenvalue weighted by Crippen LogP contribution is 2.37. The standard InChI is InChI=1S/C29H31N3O3/c1-5-6-7-8-9-11-19-14-15-22-26-20(19)12-10-13-21(26)27(33)32(28(22)34)23-17-25-24(16-18(23)2)30(3)29(35)31(25)4/h10,12-17H,5-9,11H2,1-4H3. The summed E-state index contributed by atoms with van der Waals surface area (Å²) in [5.74, 6) is -0.645. The fourth-order valence-electron chi connectivity index (χ4n) is 5.39. The summed E-state index contributed by atoms with van der Waals surface area (Å²) in [6.07, 6.45) is 6.93. The highest BCUT2D eigenvalue weighted by molar-refractivity contribution is 6.36. The maximum atomic E-state index is 13.7. The van der Waals surface area contributed by atoms with Crippen LogP contribution >= 0.6 is 0 Å². The molecule has 5 rings (SSSR count). The summed E-state index contributed by atoms with van der Waals surface area (Å²) < 4.78 is 3.12. The summed E-state index contributed by atoms with van der Waals surface area (Å²) in [7, 11) is 3.42. The Morgan fingerprint density at radius 2 is 1.43 bits per heavy atom. The van der Waals surface area contributed by atoms with E-state index < -0.39 is 0 Å². The lowest BCUT2D eigenvalue weighted by atomic mass is 9.89. The molecule has 0 fully saturated rings. The van der Waals surface area contributed by atoms with E-state index in [1.54, 1.807) is 29.3 Å². The van der Waals surface area contributed by atoms with Crippen molar-refractivity contribution >= 4 is 39.3 Å². The number of carbonyl (C=O) groups excluding carboxylic acids is 2. The van der Waals surface area contributed by atoms with Gasteiger partial charge >= 0.3 is 5.69 Å². The zero-order chi connectivity index (χ0) is 24.9. The van der Waals surface area contributed by atoms with Gasteiger partial charge in [0.2, 0.25) is 0 Å². The number of aryl methyl sites for hydroxylation is 4. The van der Waals surface area contributed by atoms with Crippen molar-refractivity contribution in [2.24, 2.45) is 14.1 Å². The molecular weight excluding hydrogens is 438 g/mol. The molecule has 0 saturated heterocycles. The van der Waals surface area contributed by atoms with Crippen LogP contribution in [-0.2, 0) is 20.5 Å². The smallest absolute Gasteiger partial charge is 0.295 e. The van der Waals surface area contributed by atoms with Gasteiger partial charge in [0.1, 0.15) is 0 Å². The van der Waals surface area contributed by atoms with Gasteiger partial charge in [0.05, 0.1) is 16.7 Å². The van der Waals surface area contributed by atoms with Crippen LogP contribution < -0.4 is 10.6 Å². The van der Waals surface area contributed by atoms with Gasteiger partial charge in [-0.2, -0.15) is 0 Å². The Bertz CT molecular complexity index is 1540. The van der Waals surface area contributed by atoms with Gasteiger partial charge in [0, 0.05) is 30.6 Å². The molecule has 3 aromatic carbocycles. The predicted octanol–water partition coefficient (Wildman–Crippen LogP) is 5.65. The zero-order valence-corrected chi connectivity index (χ0v) is 20.9. The van der Waals surface area contributed by atoms with Crippen LogP contribution in [0.25, 0.3) is 21.8 Å². The van der Waals surface area contributed by atoms with Crippen molar-refractivity contribution in [3.8, 4) is 0 Å². The van der Waals surface area contributed by atoms with Crippen molar-refractivity contribution in [2.45, 2.75) is 52.4 Å². The first kappa shape index (κ1) is 23.1. The lowest BCUT2D eigenvalue weighted by Gasteiger charge is -2.29. The van der Waals surface area contributed by atoms with E-state index in [0.29, 0.717) is 22.3 Å². The topological polar surface area (TPSA) is 64.3 Å². The van der Waals surface area contributed by atoms with E-state index in [0.717, 1.165) is 34.7 Å². The second-order valence-electron chi connectivity index (χ2n) is 9.64. The molecule has 2 amide bonds. The number of anilines is 1. The maximum Gasteiger partial charge on any atom is 0.328 e. The molecule has 4 aromatic rings. The number of amides is 2. The monoisotopic (exact) mass is 469 g/mol. The Kier molecular flexibility index (Phi) is 5.83. The fourth-order valence-corrected chi connectivity index (χ4v) is 5.39. The second-order valence-corrected chi connectivity index (χ2v) is 9.64. The van der Waals surface area contributed by atoms with Crippen LogP contribution in [0.5, 0.6) is 0 Å². The number of fused-ring (bicyclic) bond motifs is 1. The minimum Gasteiger partial charge on any atom is -0.295 e. The van der Waals surface area contributed by atoms with Crippen molar-refractivity contribution in [1.82, 2.24) is 9.13 Å². The van der Waals surface area contributed by atoms with Gasteiger partial charge in [-0.3, -0.25) is 18.7 Å². The van der Waals surface area contributed by atoms with Crippen LogP contribution in [0.2, 0.25) is 0 Å². The average molecular weight is 470 g/mol. The number of benzene rings is 3. The van der Waals surface area contributed by atoms with E-state index in [2.05, 4.69) is 6.92 Å². The predicted molar refractivity (Wildman–Crippen MR) is 140 cm³/mol. The molecule has 180 valence electrons. The molecule has 6 nitrogen and oxygen atoms in total. The Morgan fingerprint density at radius 1 is 0.771 bits per heavy atom. The minimum absolute atomic E-state index is 0.148. The number of aromatic nitrogens is 2. The van der Waals surface area contributed by atoms with E-state index in [1.807, 2.05) is 43.3 Å². The third-order valence-corrected chi connectivity index (χ3v) is 7.38.